The first-order chi connectivity index (χ1) is 18.5. The molecule has 38 heavy (non-hydrogen) atoms. The maximum absolute atomic E-state index is 13.5. The lowest BCUT2D eigenvalue weighted by Gasteiger charge is -2.31. The van der Waals surface area contributed by atoms with Gasteiger partial charge < -0.3 is 20.1 Å². The van der Waals surface area contributed by atoms with Crippen molar-refractivity contribution in [1.29, 1.82) is 0 Å². The summed E-state index contributed by atoms with van der Waals surface area (Å²) in [7, 11) is 1.35. The molecule has 2 unspecified atom stereocenters. The van der Waals surface area contributed by atoms with Crippen molar-refractivity contribution in [3.8, 4) is 11.1 Å². The van der Waals surface area contributed by atoms with E-state index in [2.05, 4.69) is 23.6 Å². The van der Waals surface area contributed by atoms with Crippen LogP contribution in [-0.4, -0.2) is 56.2 Å². The molecule has 1 fully saturated rings. The van der Waals surface area contributed by atoms with Gasteiger partial charge in [-0.2, -0.15) is 11.8 Å². The number of unbranched alkanes of at least 4 members (excludes halogenated alkanes) is 1. The number of hydrogen-bond donors (Lipinski definition) is 2. The summed E-state index contributed by atoms with van der Waals surface area (Å²) in [6, 6.07) is 13.3. The number of rotatable bonds is 14. The predicted molar refractivity (Wildman–Crippen MR) is 157 cm³/mol. The molecule has 2 atom stereocenters. The van der Waals surface area contributed by atoms with E-state index in [0.717, 1.165) is 66.8 Å². The molecule has 7 heteroatoms. The standard InChI is InChI=1S/C31H44N2O4S/c1-5-6-11-29(24-14-17-32-18-15-24)37-21-23-12-13-26(27(20-23)25-10-8-7-9-22(25)2)30(34)33-28(16-19-38-4)31(35)36-3/h7-10,12-13,20,24,28-29,32H,5-6,11,14-19,21H2,1-4H3,(H,33,34). The van der Waals surface area contributed by atoms with Crippen LogP contribution in [0.3, 0.4) is 0 Å². The predicted octanol–water partition coefficient (Wildman–Crippen LogP) is 5.76. The summed E-state index contributed by atoms with van der Waals surface area (Å²) in [6.07, 6.45) is 8.46. The van der Waals surface area contributed by atoms with Gasteiger partial charge in [0.05, 0.1) is 19.8 Å². The molecule has 1 aliphatic rings. The number of nitrogens with one attached hydrogen (secondary N) is 2. The summed E-state index contributed by atoms with van der Waals surface area (Å²) in [5.41, 5.74) is 4.52. The highest BCUT2D eigenvalue weighted by molar-refractivity contribution is 7.98. The van der Waals surface area contributed by atoms with Crippen molar-refractivity contribution in [2.45, 2.75) is 71.1 Å². The van der Waals surface area contributed by atoms with Crippen LogP contribution in [0.4, 0.5) is 0 Å². The Hall–Kier alpha value is -2.35. The average Bonchev–Trinajstić information content (AvgIpc) is 2.95. The maximum Gasteiger partial charge on any atom is 0.328 e. The molecule has 0 saturated carbocycles. The Bertz CT molecular complexity index is 1040. The van der Waals surface area contributed by atoms with Crippen LogP contribution in [0.1, 0.15) is 66.9 Å². The molecule has 0 aromatic heterocycles. The molecule has 3 rings (SSSR count). The molecule has 0 spiro atoms. The number of benzene rings is 2. The minimum atomic E-state index is -0.683. The largest absolute Gasteiger partial charge is 0.467 e. The second kappa shape index (κ2) is 15.9. The molecule has 1 heterocycles. The van der Waals surface area contributed by atoms with Crippen LogP contribution in [-0.2, 0) is 20.9 Å². The minimum Gasteiger partial charge on any atom is -0.467 e. The summed E-state index contributed by atoms with van der Waals surface area (Å²) in [6.45, 7) is 6.90. The van der Waals surface area contributed by atoms with Gasteiger partial charge in [0.15, 0.2) is 0 Å². The van der Waals surface area contributed by atoms with Gasteiger partial charge in [-0.25, -0.2) is 4.79 Å². The molecule has 0 aliphatic carbocycles. The summed E-state index contributed by atoms with van der Waals surface area (Å²) in [4.78, 5) is 25.8. The van der Waals surface area contributed by atoms with Crippen molar-refractivity contribution >= 4 is 23.6 Å². The molecule has 2 aromatic carbocycles. The van der Waals surface area contributed by atoms with E-state index in [-0.39, 0.29) is 12.0 Å². The topological polar surface area (TPSA) is 76.7 Å². The Morgan fingerprint density at radius 3 is 2.55 bits per heavy atom. The van der Waals surface area contributed by atoms with Crippen LogP contribution >= 0.6 is 11.8 Å². The van der Waals surface area contributed by atoms with Gasteiger partial charge in [0.1, 0.15) is 6.04 Å². The third kappa shape index (κ3) is 8.58. The molecule has 0 radical (unpaired) electrons. The Balaban J connectivity index is 1.86. The highest BCUT2D eigenvalue weighted by Crippen LogP contribution is 2.30. The van der Waals surface area contributed by atoms with Crippen LogP contribution in [0.25, 0.3) is 11.1 Å². The van der Waals surface area contributed by atoms with Crippen LogP contribution < -0.4 is 10.6 Å². The van der Waals surface area contributed by atoms with E-state index in [1.807, 2.05) is 49.6 Å². The number of hydrogen-bond acceptors (Lipinski definition) is 6. The van der Waals surface area contributed by atoms with Crippen LogP contribution in [0.15, 0.2) is 42.5 Å². The number of amides is 1. The van der Waals surface area contributed by atoms with Gasteiger partial charge in [-0.05, 0) is 98.0 Å². The molecular formula is C31H44N2O4S. The Morgan fingerprint density at radius 1 is 1.11 bits per heavy atom. The van der Waals surface area contributed by atoms with Crippen molar-refractivity contribution < 1.29 is 19.1 Å². The fourth-order valence-electron chi connectivity index (χ4n) is 5.12. The van der Waals surface area contributed by atoms with Gasteiger partial charge in [0.25, 0.3) is 5.91 Å². The van der Waals surface area contributed by atoms with E-state index in [9.17, 15) is 9.59 Å². The molecule has 1 amide bonds. The van der Waals surface area contributed by atoms with E-state index in [1.165, 1.54) is 13.5 Å². The van der Waals surface area contributed by atoms with E-state index in [4.69, 9.17) is 9.47 Å². The third-order valence-electron chi connectivity index (χ3n) is 7.38. The monoisotopic (exact) mass is 540 g/mol. The van der Waals surface area contributed by atoms with Crippen molar-refractivity contribution in [2.75, 3.05) is 32.2 Å². The number of carbonyl (C=O) groups is 2. The van der Waals surface area contributed by atoms with Crippen LogP contribution in [0, 0.1) is 12.8 Å². The lowest BCUT2D eigenvalue weighted by atomic mass is 9.89. The minimum absolute atomic E-state index is 0.249. The maximum atomic E-state index is 13.5. The zero-order valence-electron chi connectivity index (χ0n) is 23.4. The molecule has 208 valence electrons. The first-order valence-electron chi connectivity index (χ1n) is 13.9. The van der Waals surface area contributed by atoms with Crippen LogP contribution in [0.5, 0.6) is 0 Å². The summed E-state index contributed by atoms with van der Waals surface area (Å²) >= 11 is 1.63. The summed E-state index contributed by atoms with van der Waals surface area (Å²) < 4.78 is 11.5. The molecule has 2 N–H and O–H groups in total. The van der Waals surface area contributed by atoms with Gasteiger partial charge in [-0.3, -0.25) is 4.79 Å². The first kappa shape index (κ1) is 30.2. The molecule has 1 saturated heterocycles. The number of methoxy groups -OCH3 is 1. The Morgan fingerprint density at radius 2 is 1.87 bits per heavy atom. The molecule has 2 aromatic rings. The van der Waals surface area contributed by atoms with Crippen LogP contribution in [0.2, 0.25) is 0 Å². The van der Waals surface area contributed by atoms with E-state index in [0.29, 0.717) is 24.5 Å². The Kier molecular flexibility index (Phi) is 12.6. The number of esters is 1. The number of thioether (sulfide) groups is 1. The average molecular weight is 541 g/mol. The summed E-state index contributed by atoms with van der Waals surface area (Å²) in [5, 5.41) is 6.38. The fraction of sp³-hybridized carbons (Fsp3) is 0.548. The smallest absolute Gasteiger partial charge is 0.328 e. The van der Waals surface area contributed by atoms with Crippen molar-refractivity contribution in [3.05, 3.63) is 59.2 Å². The van der Waals surface area contributed by atoms with Crippen molar-refractivity contribution in [3.63, 3.8) is 0 Å². The molecule has 6 nitrogen and oxygen atoms in total. The quantitative estimate of drug-likeness (QED) is 0.297. The van der Waals surface area contributed by atoms with E-state index < -0.39 is 12.0 Å². The number of piperidine rings is 1. The van der Waals surface area contributed by atoms with Gasteiger partial charge in [-0.1, -0.05) is 50.1 Å². The SMILES string of the molecule is CCCCC(OCc1ccc(C(=O)NC(CCSC)C(=O)OC)c(-c2ccccc2C)c1)C1CCNCC1. The highest BCUT2D eigenvalue weighted by atomic mass is 32.2. The molecular weight excluding hydrogens is 496 g/mol. The van der Waals surface area contributed by atoms with Gasteiger partial charge in [0, 0.05) is 5.56 Å². The normalized spacial score (nSPS) is 15.6. The van der Waals surface area contributed by atoms with Crippen molar-refractivity contribution in [2.24, 2.45) is 5.92 Å². The van der Waals surface area contributed by atoms with E-state index in [1.54, 1.807) is 11.8 Å². The lowest BCUT2D eigenvalue weighted by molar-refractivity contribution is -0.142. The zero-order chi connectivity index (χ0) is 27.3. The third-order valence-corrected chi connectivity index (χ3v) is 8.03. The van der Waals surface area contributed by atoms with Gasteiger partial charge in [-0.15, -0.1) is 0 Å². The van der Waals surface area contributed by atoms with Crippen molar-refractivity contribution in [1.82, 2.24) is 10.6 Å². The number of aryl methyl sites for hydroxylation is 1. The zero-order valence-corrected chi connectivity index (χ0v) is 24.2. The van der Waals surface area contributed by atoms with Gasteiger partial charge in [0.2, 0.25) is 0 Å². The second-order valence-electron chi connectivity index (χ2n) is 10.1. The highest BCUT2D eigenvalue weighted by Gasteiger charge is 2.26. The number of ether oxygens (including phenoxy) is 2. The summed E-state index contributed by atoms with van der Waals surface area (Å²) in [5.74, 6) is 0.630. The fourth-order valence-corrected chi connectivity index (χ4v) is 5.59. The van der Waals surface area contributed by atoms with E-state index >= 15 is 0 Å². The van der Waals surface area contributed by atoms with Gasteiger partial charge >= 0.3 is 5.97 Å². The molecule has 0 bridgehead atoms. The first-order valence-corrected chi connectivity index (χ1v) is 15.3. The lowest BCUT2D eigenvalue weighted by Crippen LogP contribution is -2.42. The Labute approximate surface area is 232 Å². The molecule has 1 aliphatic heterocycles. The number of carbonyl (C=O) groups excluding carboxylic acids is 2. The second-order valence-corrected chi connectivity index (χ2v) is 11.1.